The van der Waals surface area contributed by atoms with Crippen molar-refractivity contribution in [2.75, 3.05) is 27.7 Å². The van der Waals surface area contributed by atoms with Gasteiger partial charge in [0, 0.05) is 6.42 Å². The van der Waals surface area contributed by atoms with Crippen LogP contribution in [0.4, 0.5) is 0 Å². The van der Waals surface area contributed by atoms with Crippen molar-refractivity contribution in [3.05, 3.63) is 35.9 Å². The zero-order valence-electron chi connectivity index (χ0n) is 18.7. The Balaban J connectivity index is 0.00000784. The molecule has 0 bridgehead atoms. The van der Waals surface area contributed by atoms with Crippen molar-refractivity contribution < 1.29 is 19.2 Å². The summed E-state index contributed by atoms with van der Waals surface area (Å²) in [5.74, 6) is -0.895. The SMILES string of the molecule is C[N+](C)(C)C[C@H](CC(=O)O)NC(=O)CCCCCCCCCc1ccccc1.N. The predicted molar refractivity (Wildman–Crippen MR) is 119 cm³/mol. The van der Waals surface area contributed by atoms with Crippen molar-refractivity contribution in [1.29, 1.82) is 0 Å². The van der Waals surface area contributed by atoms with Crippen molar-refractivity contribution in [2.24, 2.45) is 0 Å². The van der Waals surface area contributed by atoms with E-state index in [0.717, 1.165) is 25.7 Å². The summed E-state index contributed by atoms with van der Waals surface area (Å²) in [6.07, 6.45) is 9.70. The van der Waals surface area contributed by atoms with E-state index in [1.54, 1.807) is 0 Å². The number of aryl methyl sites for hydroxylation is 1. The number of rotatable bonds is 15. The highest BCUT2D eigenvalue weighted by Crippen LogP contribution is 2.11. The molecular weight excluding hydrogens is 366 g/mol. The summed E-state index contributed by atoms with van der Waals surface area (Å²) in [6.45, 7) is 0.612. The zero-order chi connectivity index (χ0) is 20.8. The Hall–Kier alpha value is -1.92. The zero-order valence-corrected chi connectivity index (χ0v) is 18.7. The second-order valence-corrected chi connectivity index (χ2v) is 8.80. The summed E-state index contributed by atoms with van der Waals surface area (Å²) in [7, 11) is 6.00. The number of likely N-dealkylation sites (N-methyl/N-ethyl adjacent to an activating group) is 1. The number of nitrogens with zero attached hydrogens (tertiary/aromatic N) is 1. The average molecular weight is 409 g/mol. The van der Waals surface area contributed by atoms with Crippen molar-refractivity contribution in [3.63, 3.8) is 0 Å². The molecule has 0 heterocycles. The lowest BCUT2D eigenvalue weighted by Gasteiger charge is -2.29. The van der Waals surface area contributed by atoms with Gasteiger partial charge in [0.2, 0.25) is 5.91 Å². The average Bonchev–Trinajstić information content (AvgIpc) is 2.59. The van der Waals surface area contributed by atoms with E-state index in [-0.39, 0.29) is 24.5 Å². The van der Waals surface area contributed by atoms with E-state index in [0.29, 0.717) is 17.4 Å². The van der Waals surface area contributed by atoms with E-state index in [4.69, 9.17) is 5.11 Å². The lowest BCUT2D eigenvalue weighted by molar-refractivity contribution is -0.871. The summed E-state index contributed by atoms with van der Waals surface area (Å²) < 4.78 is 0.627. The quantitative estimate of drug-likeness (QED) is 0.299. The predicted octanol–water partition coefficient (Wildman–Crippen LogP) is 4.18. The number of quaternary nitrogens is 1. The maximum Gasteiger partial charge on any atom is 0.305 e. The molecule has 0 saturated heterocycles. The van der Waals surface area contributed by atoms with E-state index in [1.165, 1.54) is 31.2 Å². The maximum atomic E-state index is 12.1. The van der Waals surface area contributed by atoms with Crippen LogP contribution in [-0.4, -0.2) is 55.2 Å². The van der Waals surface area contributed by atoms with Crippen LogP contribution in [0, 0.1) is 0 Å². The highest BCUT2D eigenvalue weighted by atomic mass is 16.4. The fourth-order valence-corrected chi connectivity index (χ4v) is 3.48. The van der Waals surface area contributed by atoms with Crippen LogP contribution >= 0.6 is 0 Å². The molecule has 0 aliphatic carbocycles. The monoisotopic (exact) mass is 408 g/mol. The van der Waals surface area contributed by atoms with Crippen LogP contribution < -0.4 is 11.5 Å². The number of carbonyl (C=O) groups is 2. The molecule has 6 heteroatoms. The second-order valence-electron chi connectivity index (χ2n) is 8.80. The van der Waals surface area contributed by atoms with Crippen LogP contribution in [0.1, 0.15) is 63.4 Å². The number of carbonyl (C=O) groups excluding carboxylic acids is 1. The minimum Gasteiger partial charge on any atom is -0.481 e. The Morgan fingerprint density at radius 1 is 0.931 bits per heavy atom. The lowest BCUT2D eigenvalue weighted by atomic mass is 10.0. The summed E-state index contributed by atoms with van der Waals surface area (Å²) >= 11 is 0. The lowest BCUT2D eigenvalue weighted by Crippen LogP contribution is -2.49. The second kappa shape index (κ2) is 15.0. The maximum absolute atomic E-state index is 12.1. The molecule has 5 N–H and O–H groups in total. The van der Waals surface area contributed by atoms with Gasteiger partial charge in [-0.05, 0) is 24.8 Å². The normalized spacial score (nSPS) is 12.1. The van der Waals surface area contributed by atoms with Gasteiger partial charge in [-0.3, -0.25) is 9.59 Å². The van der Waals surface area contributed by atoms with Crippen LogP contribution in [-0.2, 0) is 16.0 Å². The Morgan fingerprint density at radius 3 is 2.03 bits per heavy atom. The minimum atomic E-state index is -0.869. The van der Waals surface area contributed by atoms with Crippen LogP contribution in [0.3, 0.4) is 0 Å². The van der Waals surface area contributed by atoms with Gasteiger partial charge in [-0.15, -0.1) is 0 Å². The summed E-state index contributed by atoms with van der Waals surface area (Å²) in [5.41, 5.74) is 1.42. The molecule has 29 heavy (non-hydrogen) atoms. The Morgan fingerprint density at radius 2 is 1.48 bits per heavy atom. The number of hydrogen-bond acceptors (Lipinski definition) is 3. The molecule has 1 amide bonds. The first-order valence-electron chi connectivity index (χ1n) is 10.6. The number of aliphatic carboxylic acids is 1. The third-order valence-electron chi connectivity index (χ3n) is 4.77. The Labute approximate surface area is 176 Å². The molecule has 0 saturated carbocycles. The van der Waals surface area contributed by atoms with E-state index >= 15 is 0 Å². The molecule has 166 valence electrons. The summed E-state index contributed by atoms with van der Waals surface area (Å²) in [5, 5.41) is 11.9. The smallest absolute Gasteiger partial charge is 0.305 e. The number of hydrogen-bond donors (Lipinski definition) is 3. The number of carboxylic acid groups (broad SMARTS) is 1. The molecule has 0 unspecified atom stereocenters. The molecule has 1 atom stereocenters. The first-order chi connectivity index (χ1) is 13.3. The van der Waals surface area contributed by atoms with Crippen LogP contribution in [0.5, 0.6) is 0 Å². The highest BCUT2D eigenvalue weighted by Gasteiger charge is 2.22. The number of benzene rings is 1. The number of nitrogens with one attached hydrogen (secondary N) is 1. The van der Waals surface area contributed by atoms with Gasteiger partial charge in [0.05, 0.1) is 40.2 Å². The first-order valence-corrected chi connectivity index (χ1v) is 10.6. The van der Waals surface area contributed by atoms with Gasteiger partial charge < -0.3 is 21.1 Å². The number of carboxylic acids is 1. The van der Waals surface area contributed by atoms with Gasteiger partial charge in [-0.2, -0.15) is 0 Å². The molecule has 0 fully saturated rings. The number of amides is 1. The third-order valence-corrected chi connectivity index (χ3v) is 4.77. The minimum absolute atomic E-state index is 0. The molecule has 6 nitrogen and oxygen atoms in total. The molecular formula is C23H42N3O3+. The van der Waals surface area contributed by atoms with Gasteiger partial charge in [0.25, 0.3) is 0 Å². The van der Waals surface area contributed by atoms with Gasteiger partial charge >= 0.3 is 5.97 Å². The van der Waals surface area contributed by atoms with Gasteiger partial charge in [-0.1, -0.05) is 62.4 Å². The van der Waals surface area contributed by atoms with Crippen LogP contribution in [0.2, 0.25) is 0 Å². The van der Waals surface area contributed by atoms with Gasteiger partial charge in [0.15, 0.2) is 0 Å². The van der Waals surface area contributed by atoms with E-state index in [9.17, 15) is 9.59 Å². The number of unbranched alkanes of at least 4 members (excludes halogenated alkanes) is 6. The summed E-state index contributed by atoms with van der Waals surface area (Å²) in [4.78, 5) is 23.1. The molecule has 0 aromatic heterocycles. The van der Waals surface area contributed by atoms with Gasteiger partial charge in [-0.25, -0.2) is 0 Å². The fraction of sp³-hybridized carbons (Fsp3) is 0.652. The van der Waals surface area contributed by atoms with Crippen LogP contribution in [0.15, 0.2) is 30.3 Å². The Kier molecular flexibility index (Phi) is 14.0. The topological polar surface area (TPSA) is 101 Å². The van der Waals surface area contributed by atoms with E-state index in [1.807, 2.05) is 21.1 Å². The largest absolute Gasteiger partial charge is 0.481 e. The van der Waals surface area contributed by atoms with Crippen molar-refractivity contribution in [3.8, 4) is 0 Å². The molecule has 0 radical (unpaired) electrons. The van der Waals surface area contributed by atoms with E-state index < -0.39 is 5.97 Å². The molecule has 0 spiro atoms. The Bertz CT molecular complexity index is 570. The first kappa shape index (κ1) is 27.1. The van der Waals surface area contributed by atoms with Gasteiger partial charge in [0.1, 0.15) is 0 Å². The van der Waals surface area contributed by atoms with Crippen molar-refractivity contribution in [2.45, 2.75) is 70.3 Å². The molecule has 0 aliphatic rings. The standard InChI is InChI=1S/C23H38N2O3.H3N/c1-25(2,3)19-21(18-23(27)28)24-22(26)17-13-8-6-4-5-7-10-14-20-15-11-9-12-16-20;/h9,11-12,15-16,21H,4-8,10,13-14,17-19H2,1-3H3,(H-,24,26,27,28);1H3/p+1/t21-;/m0./s1. The highest BCUT2D eigenvalue weighted by molar-refractivity contribution is 5.77. The third kappa shape index (κ3) is 15.7. The molecule has 1 aromatic carbocycles. The summed E-state index contributed by atoms with van der Waals surface area (Å²) in [6, 6.07) is 10.3. The molecule has 1 rings (SSSR count). The van der Waals surface area contributed by atoms with E-state index in [2.05, 4.69) is 35.6 Å². The van der Waals surface area contributed by atoms with Crippen LogP contribution in [0.25, 0.3) is 0 Å². The fourth-order valence-electron chi connectivity index (χ4n) is 3.48. The molecule has 0 aliphatic heterocycles. The van der Waals surface area contributed by atoms with Crippen molar-refractivity contribution >= 4 is 11.9 Å². The molecule has 1 aromatic rings. The van der Waals surface area contributed by atoms with Crippen molar-refractivity contribution in [1.82, 2.24) is 11.5 Å².